The molecule has 0 saturated heterocycles. The Morgan fingerprint density at radius 3 is 2.67 bits per heavy atom. The van der Waals surface area contributed by atoms with Gasteiger partial charge in [0.25, 0.3) is 0 Å². The molecule has 21 heavy (non-hydrogen) atoms. The molecule has 0 spiro atoms. The highest BCUT2D eigenvalue weighted by Crippen LogP contribution is 2.26. The number of para-hydroxylation sites is 1. The summed E-state index contributed by atoms with van der Waals surface area (Å²) in [6.45, 7) is 2.29. The van der Waals surface area contributed by atoms with Crippen LogP contribution >= 0.6 is 0 Å². The average molecular weight is 288 g/mol. The van der Waals surface area contributed by atoms with E-state index in [2.05, 4.69) is 5.32 Å². The highest BCUT2D eigenvalue weighted by molar-refractivity contribution is 5.92. The second-order valence-electron chi connectivity index (χ2n) is 4.54. The van der Waals surface area contributed by atoms with Crippen LogP contribution in [0, 0.1) is 5.82 Å². The fourth-order valence-corrected chi connectivity index (χ4v) is 1.79. The van der Waals surface area contributed by atoms with E-state index in [0.717, 1.165) is 6.42 Å². The van der Waals surface area contributed by atoms with Crippen molar-refractivity contribution in [2.75, 3.05) is 17.7 Å². The summed E-state index contributed by atoms with van der Waals surface area (Å²) in [5.41, 5.74) is 7.48. The van der Waals surface area contributed by atoms with Gasteiger partial charge >= 0.3 is 5.97 Å². The van der Waals surface area contributed by atoms with Gasteiger partial charge in [0.2, 0.25) is 0 Å². The van der Waals surface area contributed by atoms with E-state index >= 15 is 0 Å². The maximum Gasteiger partial charge on any atom is 0.338 e. The lowest BCUT2D eigenvalue weighted by molar-refractivity contribution is 0.0505. The van der Waals surface area contributed by atoms with E-state index in [1.54, 1.807) is 30.3 Å². The molecule has 0 saturated carbocycles. The highest BCUT2D eigenvalue weighted by Gasteiger charge is 2.10. The number of anilines is 3. The molecule has 0 amide bonds. The normalized spacial score (nSPS) is 10.2. The first-order valence-electron chi connectivity index (χ1n) is 6.70. The van der Waals surface area contributed by atoms with Gasteiger partial charge in [0.1, 0.15) is 5.82 Å². The van der Waals surface area contributed by atoms with Crippen LogP contribution in [0.4, 0.5) is 21.5 Å². The number of hydrogen-bond donors (Lipinski definition) is 2. The zero-order valence-corrected chi connectivity index (χ0v) is 11.7. The maximum absolute atomic E-state index is 13.6. The molecule has 0 aromatic heterocycles. The van der Waals surface area contributed by atoms with Gasteiger partial charge in [-0.05, 0) is 36.8 Å². The number of hydrogen-bond acceptors (Lipinski definition) is 4. The Hall–Kier alpha value is -2.56. The molecule has 0 unspecified atom stereocenters. The second kappa shape index (κ2) is 6.74. The first-order valence-corrected chi connectivity index (χ1v) is 6.70. The molecule has 0 bridgehead atoms. The molecule has 3 N–H and O–H groups in total. The van der Waals surface area contributed by atoms with Crippen molar-refractivity contribution in [1.82, 2.24) is 0 Å². The lowest BCUT2D eigenvalue weighted by Gasteiger charge is -2.11. The number of benzene rings is 2. The summed E-state index contributed by atoms with van der Waals surface area (Å²) >= 11 is 0. The third-order valence-electron chi connectivity index (χ3n) is 2.87. The predicted molar refractivity (Wildman–Crippen MR) is 81.1 cm³/mol. The Kier molecular flexibility index (Phi) is 4.77. The number of esters is 1. The Balaban J connectivity index is 2.16. The summed E-state index contributed by atoms with van der Waals surface area (Å²) in [7, 11) is 0. The summed E-state index contributed by atoms with van der Waals surface area (Å²) in [5, 5.41) is 2.90. The highest BCUT2D eigenvalue weighted by atomic mass is 19.1. The van der Waals surface area contributed by atoms with Crippen LogP contribution in [0.15, 0.2) is 42.5 Å². The maximum atomic E-state index is 13.6. The Morgan fingerprint density at radius 2 is 2.00 bits per heavy atom. The minimum atomic E-state index is -0.416. The van der Waals surface area contributed by atoms with Gasteiger partial charge in [0.15, 0.2) is 0 Å². The molecule has 0 radical (unpaired) electrons. The summed E-state index contributed by atoms with van der Waals surface area (Å²) in [5.74, 6) is -0.788. The number of halogens is 1. The van der Waals surface area contributed by atoms with Crippen LogP contribution in [0.2, 0.25) is 0 Å². The number of carbonyl (C=O) groups is 1. The predicted octanol–water partition coefficient (Wildman–Crippen LogP) is 3.72. The SMILES string of the molecule is CCCOC(=O)c1ccc(Nc2ccccc2F)c(N)c1. The van der Waals surface area contributed by atoms with Crippen molar-refractivity contribution in [3.63, 3.8) is 0 Å². The minimum Gasteiger partial charge on any atom is -0.462 e. The van der Waals surface area contributed by atoms with Crippen LogP contribution in [0.3, 0.4) is 0 Å². The van der Waals surface area contributed by atoms with Crippen molar-refractivity contribution in [1.29, 1.82) is 0 Å². The molecule has 0 heterocycles. The van der Waals surface area contributed by atoms with Crippen LogP contribution in [0.25, 0.3) is 0 Å². The lowest BCUT2D eigenvalue weighted by Crippen LogP contribution is -2.07. The van der Waals surface area contributed by atoms with Crippen molar-refractivity contribution in [3.8, 4) is 0 Å². The standard InChI is InChI=1S/C16H17FN2O2/c1-2-9-21-16(20)11-7-8-15(13(18)10-11)19-14-6-4-3-5-12(14)17/h3-8,10,19H,2,9,18H2,1H3. The molecule has 0 atom stereocenters. The van der Waals surface area contributed by atoms with Gasteiger partial charge < -0.3 is 15.8 Å². The van der Waals surface area contributed by atoms with E-state index in [0.29, 0.717) is 29.2 Å². The minimum absolute atomic E-state index is 0.325. The third-order valence-corrected chi connectivity index (χ3v) is 2.87. The molecule has 2 aromatic carbocycles. The van der Waals surface area contributed by atoms with E-state index in [-0.39, 0.29) is 5.82 Å². The van der Waals surface area contributed by atoms with Crippen LogP contribution in [0.1, 0.15) is 23.7 Å². The number of rotatable bonds is 5. The van der Waals surface area contributed by atoms with Gasteiger partial charge in [-0.2, -0.15) is 0 Å². The molecule has 0 aliphatic carbocycles. The fraction of sp³-hybridized carbons (Fsp3) is 0.188. The van der Waals surface area contributed by atoms with Gasteiger partial charge in [0, 0.05) is 0 Å². The Bertz CT molecular complexity index is 644. The van der Waals surface area contributed by atoms with Crippen LogP contribution in [0.5, 0.6) is 0 Å². The quantitative estimate of drug-likeness (QED) is 0.650. The van der Waals surface area contributed by atoms with E-state index in [9.17, 15) is 9.18 Å². The van der Waals surface area contributed by atoms with Crippen LogP contribution in [-0.2, 0) is 4.74 Å². The number of ether oxygens (including phenoxy) is 1. The van der Waals surface area contributed by atoms with Gasteiger partial charge in [-0.15, -0.1) is 0 Å². The molecule has 5 heteroatoms. The molecule has 4 nitrogen and oxygen atoms in total. The molecular weight excluding hydrogens is 271 g/mol. The van der Waals surface area contributed by atoms with Crippen molar-refractivity contribution < 1.29 is 13.9 Å². The first-order chi connectivity index (χ1) is 10.1. The van der Waals surface area contributed by atoms with Gasteiger partial charge in [-0.1, -0.05) is 19.1 Å². The molecule has 110 valence electrons. The second-order valence-corrected chi connectivity index (χ2v) is 4.54. The first kappa shape index (κ1) is 14.8. The molecule has 0 aliphatic heterocycles. The Morgan fingerprint density at radius 1 is 1.24 bits per heavy atom. The molecular formula is C16H17FN2O2. The van der Waals surface area contributed by atoms with E-state index in [1.807, 2.05) is 6.92 Å². The molecule has 2 aromatic rings. The van der Waals surface area contributed by atoms with E-state index in [4.69, 9.17) is 10.5 Å². The van der Waals surface area contributed by atoms with Crippen molar-refractivity contribution in [3.05, 3.63) is 53.8 Å². The third kappa shape index (κ3) is 3.72. The Labute approximate surface area is 122 Å². The summed E-state index contributed by atoms with van der Waals surface area (Å²) in [6, 6.07) is 11.0. The molecule has 0 aliphatic rings. The van der Waals surface area contributed by atoms with Crippen LogP contribution in [-0.4, -0.2) is 12.6 Å². The summed E-state index contributed by atoms with van der Waals surface area (Å²) < 4.78 is 18.6. The monoisotopic (exact) mass is 288 g/mol. The van der Waals surface area contributed by atoms with Gasteiger partial charge in [-0.25, -0.2) is 9.18 Å². The largest absolute Gasteiger partial charge is 0.462 e. The van der Waals surface area contributed by atoms with Crippen LogP contribution < -0.4 is 11.1 Å². The fourth-order valence-electron chi connectivity index (χ4n) is 1.79. The smallest absolute Gasteiger partial charge is 0.338 e. The van der Waals surface area contributed by atoms with E-state index in [1.165, 1.54) is 12.1 Å². The summed E-state index contributed by atoms with van der Waals surface area (Å²) in [4.78, 5) is 11.7. The lowest BCUT2D eigenvalue weighted by atomic mass is 10.1. The van der Waals surface area contributed by atoms with Crippen molar-refractivity contribution in [2.45, 2.75) is 13.3 Å². The van der Waals surface area contributed by atoms with Crippen molar-refractivity contribution >= 4 is 23.0 Å². The number of nitrogens with one attached hydrogen (secondary N) is 1. The molecule has 0 fully saturated rings. The topological polar surface area (TPSA) is 64.3 Å². The number of carbonyl (C=O) groups excluding carboxylic acids is 1. The van der Waals surface area contributed by atoms with Gasteiger partial charge in [0.05, 0.1) is 29.2 Å². The zero-order valence-electron chi connectivity index (χ0n) is 11.7. The van der Waals surface area contributed by atoms with E-state index < -0.39 is 5.97 Å². The number of nitrogens with two attached hydrogens (primary N) is 1. The van der Waals surface area contributed by atoms with Gasteiger partial charge in [-0.3, -0.25) is 0 Å². The number of nitrogen functional groups attached to an aromatic ring is 1. The summed E-state index contributed by atoms with van der Waals surface area (Å²) in [6.07, 6.45) is 0.758. The van der Waals surface area contributed by atoms with Crippen molar-refractivity contribution in [2.24, 2.45) is 0 Å². The zero-order chi connectivity index (χ0) is 15.2. The molecule has 2 rings (SSSR count). The average Bonchev–Trinajstić information content (AvgIpc) is 2.49.